The number of carbonyl (C=O) groups is 1. The van der Waals surface area contributed by atoms with Crippen molar-refractivity contribution in [2.24, 2.45) is 7.05 Å². The molecule has 1 N–H and O–H groups in total. The van der Waals surface area contributed by atoms with Crippen LogP contribution in [-0.2, 0) is 7.05 Å². The molecule has 2 aromatic carbocycles. The van der Waals surface area contributed by atoms with E-state index >= 15 is 0 Å². The fourth-order valence-electron chi connectivity index (χ4n) is 2.53. The van der Waals surface area contributed by atoms with Gasteiger partial charge in [-0.1, -0.05) is 24.3 Å². The van der Waals surface area contributed by atoms with Crippen molar-refractivity contribution >= 4 is 5.91 Å². The highest BCUT2D eigenvalue weighted by molar-refractivity contribution is 5.97. The first-order valence-corrected chi connectivity index (χ1v) is 8.14. The van der Waals surface area contributed by atoms with Crippen molar-refractivity contribution in [1.82, 2.24) is 15.1 Å². The molecule has 0 unspecified atom stereocenters. The smallest absolute Gasteiger partial charge is 0.255 e. The molecule has 1 heterocycles. The second-order valence-electron chi connectivity index (χ2n) is 5.85. The van der Waals surface area contributed by atoms with E-state index in [1.165, 1.54) is 0 Å². The van der Waals surface area contributed by atoms with Gasteiger partial charge in [-0.3, -0.25) is 9.48 Å². The van der Waals surface area contributed by atoms with E-state index in [2.05, 4.69) is 16.5 Å². The number of benzene rings is 2. The van der Waals surface area contributed by atoms with E-state index in [1.54, 1.807) is 59.4 Å². The highest BCUT2D eigenvalue weighted by Crippen LogP contribution is 2.28. The number of aromatic nitrogens is 2. The van der Waals surface area contributed by atoms with Crippen LogP contribution in [0.5, 0.6) is 11.5 Å². The molecule has 0 aliphatic rings. The van der Waals surface area contributed by atoms with Gasteiger partial charge in [0.05, 0.1) is 23.4 Å². The predicted octanol–water partition coefficient (Wildman–Crippen LogP) is 3.58. The summed E-state index contributed by atoms with van der Waals surface area (Å²) in [6, 6.07) is 15.8. The first-order valence-electron chi connectivity index (χ1n) is 8.14. The Balaban J connectivity index is 1.82. The van der Waals surface area contributed by atoms with E-state index in [0.29, 0.717) is 22.6 Å². The van der Waals surface area contributed by atoms with Gasteiger partial charge in [0.2, 0.25) is 0 Å². The second kappa shape index (κ2) is 7.53. The molecule has 0 radical (unpaired) electrons. The summed E-state index contributed by atoms with van der Waals surface area (Å²) < 4.78 is 7.53. The van der Waals surface area contributed by atoms with Crippen LogP contribution in [-0.4, -0.2) is 15.7 Å². The second-order valence-corrected chi connectivity index (χ2v) is 5.85. The van der Waals surface area contributed by atoms with E-state index in [-0.39, 0.29) is 11.9 Å². The third-order valence-electron chi connectivity index (χ3n) is 3.93. The third kappa shape index (κ3) is 3.73. The maximum absolute atomic E-state index is 12.7. The van der Waals surface area contributed by atoms with Gasteiger partial charge in [0.15, 0.2) is 0 Å². The van der Waals surface area contributed by atoms with Gasteiger partial charge in [-0.2, -0.15) is 10.4 Å². The van der Waals surface area contributed by atoms with E-state index in [1.807, 2.05) is 20.2 Å². The zero-order chi connectivity index (χ0) is 18.5. The molecule has 3 aromatic rings. The van der Waals surface area contributed by atoms with E-state index in [4.69, 9.17) is 4.74 Å². The SMILES string of the molecule is C[C@H](NC(=O)c1ccccc1Oc1ccccc1C#N)c1cnn(C)c1. The van der Waals surface area contributed by atoms with Crippen LogP contribution in [0.3, 0.4) is 0 Å². The largest absolute Gasteiger partial charge is 0.455 e. The van der Waals surface area contributed by atoms with Gasteiger partial charge in [-0.25, -0.2) is 0 Å². The van der Waals surface area contributed by atoms with Crippen molar-refractivity contribution in [3.05, 3.63) is 77.6 Å². The molecular formula is C20H18N4O2. The van der Waals surface area contributed by atoms with E-state index in [0.717, 1.165) is 5.56 Å². The minimum Gasteiger partial charge on any atom is -0.455 e. The number of nitriles is 1. The fraction of sp³-hybridized carbons (Fsp3) is 0.150. The van der Waals surface area contributed by atoms with Crippen molar-refractivity contribution in [2.45, 2.75) is 13.0 Å². The van der Waals surface area contributed by atoms with Crippen LogP contribution in [0.1, 0.15) is 34.5 Å². The molecule has 3 rings (SSSR count). The Morgan fingerprint density at radius 3 is 2.58 bits per heavy atom. The van der Waals surface area contributed by atoms with Crippen molar-refractivity contribution in [1.29, 1.82) is 5.26 Å². The van der Waals surface area contributed by atoms with Crippen LogP contribution < -0.4 is 10.1 Å². The Hall–Kier alpha value is -3.59. The van der Waals surface area contributed by atoms with Gasteiger partial charge in [-0.15, -0.1) is 0 Å². The lowest BCUT2D eigenvalue weighted by Gasteiger charge is -2.15. The molecule has 1 atom stereocenters. The maximum atomic E-state index is 12.7. The number of ether oxygens (including phenoxy) is 1. The molecule has 0 saturated heterocycles. The number of carbonyl (C=O) groups excluding carboxylic acids is 1. The quantitative estimate of drug-likeness (QED) is 0.766. The lowest BCUT2D eigenvalue weighted by molar-refractivity contribution is 0.0937. The number of nitrogens with one attached hydrogen (secondary N) is 1. The zero-order valence-corrected chi connectivity index (χ0v) is 14.5. The Labute approximate surface area is 151 Å². The number of hydrogen-bond acceptors (Lipinski definition) is 4. The summed E-state index contributed by atoms with van der Waals surface area (Å²) in [5, 5.41) is 16.3. The van der Waals surface area contributed by atoms with Crippen molar-refractivity contribution < 1.29 is 9.53 Å². The summed E-state index contributed by atoms with van der Waals surface area (Å²) in [4.78, 5) is 12.7. The summed E-state index contributed by atoms with van der Waals surface area (Å²) in [5.41, 5.74) is 1.72. The van der Waals surface area contributed by atoms with Gasteiger partial charge >= 0.3 is 0 Å². The van der Waals surface area contributed by atoms with Gasteiger partial charge in [0.25, 0.3) is 5.91 Å². The van der Waals surface area contributed by atoms with E-state index in [9.17, 15) is 10.1 Å². The molecule has 1 amide bonds. The highest BCUT2D eigenvalue weighted by atomic mass is 16.5. The predicted molar refractivity (Wildman–Crippen MR) is 96.8 cm³/mol. The summed E-state index contributed by atoms with van der Waals surface area (Å²) in [5.74, 6) is 0.549. The number of hydrogen-bond donors (Lipinski definition) is 1. The minimum atomic E-state index is -0.258. The van der Waals surface area contributed by atoms with Crippen LogP contribution in [0.2, 0.25) is 0 Å². The third-order valence-corrected chi connectivity index (χ3v) is 3.93. The number of nitrogens with zero attached hydrogens (tertiary/aromatic N) is 3. The molecule has 0 saturated carbocycles. The first kappa shape index (κ1) is 17.2. The van der Waals surface area contributed by atoms with Crippen LogP contribution in [0.15, 0.2) is 60.9 Å². The average Bonchev–Trinajstić information content (AvgIpc) is 3.09. The summed E-state index contributed by atoms with van der Waals surface area (Å²) >= 11 is 0. The molecule has 0 aliphatic heterocycles. The van der Waals surface area contributed by atoms with Crippen LogP contribution >= 0.6 is 0 Å². The highest BCUT2D eigenvalue weighted by Gasteiger charge is 2.17. The standard InChI is InChI=1S/C20H18N4O2/c1-14(16-12-22-24(2)13-16)23-20(25)17-8-4-6-10-19(17)26-18-9-5-3-7-15(18)11-21/h3-10,12-14H,1-2H3,(H,23,25)/t14-/m0/s1. The van der Waals surface area contributed by atoms with Crippen molar-refractivity contribution in [2.75, 3.05) is 0 Å². The topological polar surface area (TPSA) is 79.9 Å². The summed E-state index contributed by atoms with van der Waals surface area (Å²) in [7, 11) is 1.83. The minimum absolute atomic E-state index is 0.198. The van der Waals surface area contributed by atoms with Crippen LogP contribution in [0, 0.1) is 11.3 Å². The molecule has 26 heavy (non-hydrogen) atoms. The zero-order valence-electron chi connectivity index (χ0n) is 14.5. The lowest BCUT2D eigenvalue weighted by atomic mass is 10.1. The average molecular weight is 346 g/mol. The Kier molecular flexibility index (Phi) is 4.99. The molecule has 0 spiro atoms. The van der Waals surface area contributed by atoms with Gasteiger partial charge in [0.1, 0.15) is 17.6 Å². The molecule has 6 heteroatoms. The maximum Gasteiger partial charge on any atom is 0.255 e. The number of para-hydroxylation sites is 2. The Morgan fingerprint density at radius 2 is 1.88 bits per heavy atom. The van der Waals surface area contributed by atoms with Crippen LogP contribution in [0.4, 0.5) is 0 Å². The number of aryl methyl sites for hydroxylation is 1. The van der Waals surface area contributed by atoms with Gasteiger partial charge in [0, 0.05) is 18.8 Å². The summed E-state index contributed by atoms with van der Waals surface area (Å²) in [6.07, 6.45) is 3.58. The molecule has 1 aromatic heterocycles. The lowest BCUT2D eigenvalue weighted by Crippen LogP contribution is -2.26. The molecule has 130 valence electrons. The molecule has 6 nitrogen and oxygen atoms in total. The first-order chi connectivity index (χ1) is 12.6. The summed E-state index contributed by atoms with van der Waals surface area (Å²) in [6.45, 7) is 1.89. The fourth-order valence-corrected chi connectivity index (χ4v) is 2.53. The van der Waals surface area contributed by atoms with Crippen LogP contribution in [0.25, 0.3) is 0 Å². The number of amides is 1. The number of rotatable bonds is 5. The van der Waals surface area contributed by atoms with Gasteiger partial charge in [-0.05, 0) is 31.2 Å². The molecule has 0 bridgehead atoms. The molecular weight excluding hydrogens is 328 g/mol. The normalized spacial score (nSPS) is 11.4. The van der Waals surface area contributed by atoms with Crippen molar-refractivity contribution in [3.63, 3.8) is 0 Å². The van der Waals surface area contributed by atoms with E-state index < -0.39 is 0 Å². The Bertz CT molecular complexity index is 972. The molecule has 0 aliphatic carbocycles. The molecule has 0 fully saturated rings. The monoisotopic (exact) mass is 346 g/mol. The van der Waals surface area contributed by atoms with Gasteiger partial charge < -0.3 is 10.1 Å². The van der Waals surface area contributed by atoms with Crippen molar-refractivity contribution in [3.8, 4) is 17.6 Å². The Morgan fingerprint density at radius 1 is 1.19 bits per heavy atom.